The molecule has 0 radical (unpaired) electrons. The van der Waals surface area contributed by atoms with Crippen molar-refractivity contribution in [3.63, 3.8) is 0 Å². The van der Waals surface area contributed by atoms with Crippen LogP contribution in [0.5, 0.6) is 0 Å². The monoisotopic (exact) mass is 626 g/mol. The summed E-state index contributed by atoms with van der Waals surface area (Å²) >= 11 is 0. The lowest BCUT2D eigenvalue weighted by Crippen LogP contribution is -2.33. The maximum Gasteiger partial charge on any atom is 0.393 e. The van der Waals surface area contributed by atoms with Crippen molar-refractivity contribution in [3.05, 3.63) is 76.3 Å². The molecule has 0 aliphatic heterocycles. The highest BCUT2D eigenvalue weighted by atomic mass is 19.4. The van der Waals surface area contributed by atoms with Crippen LogP contribution in [0.2, 0.25) is 0 Å². The van der Waals surface area contributed by atoms with E-state index in [0.717, 1.165) is 6.20 Å². The van der Waals surface area contributed by atoms with Crippen LogP contribution in [0.3, 0.4) is 0 Å². The van der Waals surface area contributed by atoms with Crippen LogP contribution in [0.15, 0.2) is 59.5 Å². The predicted octanol–water partition coefficient (Wildman–Crippen LogP) is 5.72. The van der Waals surface area contributed by atoms with Crippen LogP contribution < -0.4 is 15.9 Å². The van der Waals surface area contributed by atoms with E-state index in [1.807, 2.05) is 34.6 Å². The van der Waals surface area contributed by atoms with Gasteiger partial charge in [-0.25, -0.2) is 19.1 Å². The number of aromatic nitrogens is 4. The van der Waals surface area contributed by atoms with Crippen molar-refractivity contribution in [2.24, 2.45) is 5.41 Å². The molecule has 0 amide bonds. The van der Waals surface area contributed by atoms with Gasteiger partial charge in [0.05, 0.1) is 23.1 Å². The molecule has 0 spiro atoms. The fraction of sp³-hybridized carbons (Fsp3) is 0.406. The van der Waals surface area contributed by atoms with Gasteiger partial charge >= 0.3 is 17.8 Å². The number of alkyl halides is 3. The summed E-state index contributed by atoms with van der Waals surface area (Å²) in [7, 11) is 0. The fourth-order valence-corrected chi connectivity index (χ4v) is 5.08. The van der Waals surface area contributed by atoms with E-state index in [9.17, 15) is 32.7 Å². The number of carboxylic acid groups (broad SMARTS) is 1. The number of halogens is 3. The zero-order valence-corrected chi connectivity index (χ0v) is 25.9. The summed E-state index contributed by atoms with van der Waals surface area (Å²) in [5.41, 5.74) is 0.906. The average Bonchev–Trinajstić information content (AvgIpc) is 3.25. The van der Waals surface area contributed by atoms with Gasteiger partial charge in [0.2, 0.25) is 11.9 Å². The summed E-state index contributed by atoms with van der Waals surface area (Å²) in [6.45, 7) is 10.5. The molecule has 4 aromatic rings. The molecular weight excluding hydrogens is 589 g/mol. The zero-order chi connectivity index (χ0) is 33.1. The van der Waals surface area contributed by atoms with Gasteiger partial charge < -0.3 is 15.3 Å². The van der Waals surface area contributed by atoms with E-state index in [0.29, 0.717) is 35.4 Å². The fourth-order valence-electron chi connectivity index (χ4n) is 5.08. The minimum absolute atomic E-state index is 0.0909. The molecule has 0 aliphatic carbocycles. The minimum Gasteiger partial charge on any atom is -0.480 e. The minimum atomic E-state index is -4.55. The van der Waals surface area contributed by atoms with Crippen LogP contribution in [0, 0.1) is 5.41 Å². The van der Waals surface area contributed by atoms with Gasteiger partial charge in [-0.3, -0.25) is 9.36 Å². The first-order valence-corrected chi connectivity index (χ1v) is 14.6. The second-order valence-electron chi connectivity index (χ2n) is 12.0. The number of fused-ring (bicyclic) bond motifs is 1. The molecule has 10 nitrogen and oxygen atoms in total. The highest BCUT2D eigenvalue weighted by Gasteiger charge is 2.31. The van der Waals surface area contributed by atoms with E-state index < -0.39 is 30.3 Å². The van der Waals surface area contributed by atoms with Crippen LogP contribution in [-0.2, 0) is 17.6 Å². The Morgan fingerprint density at radius 1 is 1.00 bits per heavy atom. The number of hydrogen-bond donors (Lipinski definition) is 2. The Labute approximate surface area is 258 Å². The number of anilines is 2. The summed E-state index contributed by atoms with van der Waals surface area (Å²) in [6, 6.07) is 12.2. The average molecular weight is 627 g/mol. The molecule has 4 rings (SSSR count). The maximum absolute atomic E-state index is 13.5. The SMILES string of the molecule is CCN(CC)c1ncc(CC(F)(F)F)c(N[C@@H](Cc2ccc(-n3c(=O)n(C(=O)CC(C)(C)C)c4ccccc43)cc2)C(=O)O)n1. The van der Waals surface area contributed by atoms with Crippen LogP contribution in [0.4, 0.5) is 24.9 Å². The Kier molecular flexibility index (Phi) is 9.69. The number of carbonyl (C=O) groups is 2. The molecule has 2 heterocycles. The van der Waals surface area contributed by atoms with Crippen molar-refractivity contribution in [1.82, 2.24) is 19.1 Å². The van der Waals surface area contributed by atoms with E-state index in [4.69, 9.17) is 0 Å². The number of para-hydroxylation sites is 2. The molecule has 2 N–H and O–H groups in total. The highest BCUT2D eigenvalue weighted by molar-refractivity contribution is 5.91. The predicted molar refractivity (Wildman–Crippen MR) is 166 cm³/mol. The van der Waals surface area contributed by atoms with Crippen LogP contribution >= 0.6 is 0 Å². The summed E-state index contributed by atoms with van der Waals surface area (Å²) in [5, 5.41) is 12.7. The van der Waals surface area contributed by atoms with Gasteiger partial charge in [-0.05, 0) is 49.1 Å². The van der Waals surface area contributed by atoms with Crippen molar-refractivity contribution < 1.29 is 27.9 Å². The molecule has 1 atom stereocenters. The van der Waals surface area contributed by atoms with Gasteiger partial charge in [0.1, 0.15) is 11.9 Å². The lowest BCUT2D eigenvalue weighted by atomic mass is 9.92. The third kappa shape index (κ3) is 7.89. The lowest BCUT2D eigenvalue weighted by Gasteiger charge is -2.22. The molecule has 0 saturated heterocycles. The van der Waals surface area contributed by atoms with Gasteiger partial charge in [-0.1, -0.05) is 45.0 Å². The van der Waals surface area contributed by atoms with Crippen molar-refractivity contribution in [1.29, 1.82) is 0 Å². The second-order valence-corrected chi connectivity index (χ2v) is 12.0. The van der Waals surface area contributed by atoms with Gasteiger partial charge in [0.25, 0.3) is 0 Å². The number of aliphatic carboxylic acids is 1. The van der Waals surface area contributed by atoms with Gasteiger partial charge in [-0.2, -0.15) is 18.2 Å². The molecule has 2 aromatic heterocycles. The summed E-state index contributed by atoms with van der Waals surface area (Å²) < 4.78 is 42.6. The molecule has 45 heavy (non-hydrogen) atoms. The van der Waals surface area contributed by atoms with E-state index in [-0.39, 0.29) is 41.5 Å². The summed E-state index contributed by atoms with van der Waals surface area (Å²) in [4.78, 5) is 49.0. The molecule has 0 aliphatic rings. The van der Waals surface area contributed by atoms with Gasteiger partial charge in [0.15, 0.2) is 0 Å². The number of nitrogens with one attached hydrogen (secondary N) is 1. The number of imidazole rings is 1. The summed E-state index contributed by atoms with van der Waals surface area (Å²) in [6.07, 6.45) is -4.73. The van der Waals surface area contributed by atoms with E-state index in [1.54, 1.807) is 53.4 Å². The normalized spacial score (nSPS) is 12.7. The Bertz CT molecular complexity index is 1740. The number of hydrogen-bond acceptors (Lipinski definition) is 7. The second kappa shape index (κ2) is 13.1. The number of carboxylic acids is 1. The van der Waals surface area contributed by atoms with E-state index in [1.165, 1.54) is 9.13 Å². The topological polar surface area (TPSA) is 122 Å². The molecule has 0 fully saturated rings. The number of benzene rings is 2. The Morgan fingerprint density at radius 2 is 1.62 bits per heavy atom. The number of rotatable bonds is 11. The first-order chi connectivity index (χ1) is 21.1. The van der Waals surface area contributed by atoms with Gasteiger partial charge in [0, 0.05) is 37.7 Å². The summed E-state index contributed by atoms with van der Waals surface area (Å²) in [5.74, 6) is -1.62. The Hall–Kier alpha value is -4.68. The van der Waals surface area contributed by atoms with Gasteiger partial charge in [-0.15, -0.1) is 0 Å². The van der Waals surface area contributed by atoms with Crippen molar-refractivity contribution in [3.8, 4) is 5.69 Å². The number of carbonyl (C=O) groups excluding carboxylic acids is 1. The van der Waals surface area contributed by atoms with Crippen molar-refractivity contribution in [2.75, 3.05) is 23.3 Å². The molecule has 0 saturated carbocycles. The molecule has 240 valence electrons. The molecule has 2 aromatic carbocycles. The Morgan fingerprint density at radius 3 is 2.18 bits per heavy atom. The van der Waals surface area contributed by atoms with E-state index >= 15 is 0 Å². The first-order valence-electron chi connectivity index (χ1n) is 14.6. The van der Waals surface area contributed by atoms with E-state index in [2.05, 4.69) is 15.3 Å². The maximum atomic E-state index is 13.5. The molecular formula is C32H37F3N6O4. The largest absolute Gasteiger partial charge is 0.480 e. The zero-order valence-electron chi connectivity index (χ0n) is 25.9. The standard InChI is InChI=1S/C32H37F3N6O4/c1-6-39(7-2)29-36-19-21(17-32(33,34)35)27(38-29)37-23(28(43)44)16-20-12-14-22(15-13-20)40-24-10-8-9-11-25(24)41(30(40)45)26(42)18-31(3,4)5/h8-15,19,23H,6-7,16-18H2,1-5H3,(H,43,44)(H,36,37,38)/t23-/m0/s1. The lowest BCUT2D eigenvalue weighted by molar-refractivity contribution is -0.137. The first kappa shape index (κ1) is 33.2. The third-order valence-corrected chi connectivity index (χ3v) is 7.21. The van der Waals surface area contributed by atoms with Crippen molar-refractivity contribution in [2.45, 2.75) is 66.1 Å². The van der Waals surface area contributed by atoms with Crippen LogP contribution in [-0.4, -0.2) is 61.4 Å². The third-order valence-electron chi connectivity index (χ3n) is 7.21. The molecule has 0 unspecified atom stereocenters. The smallest absolute Gasteiger partial charge is 0.393 e. The highest BCUT2D eigenvalue weighted by Crippen LogP contribution is 2.27. The Balaban J connectivity index is 1.65. The van der Waals surface area contributed by atoms with Crippen LogP contribution in [0.1, 0.15) is 57.0 Å². The van der Waals surface area contributed by atoms with Crippen molar-refractivity contribution >= 4 is 34.7 Å². The van der Waals surface area contributed by atoms with Crippen LogP contribution in [0.25, 0.3) is 16.7 Å². The molecule has 0 bridgehead atoms. The number of nitrogens with zero attached hydrogens (tertiary/aromatic N) is 5. The molecule has 13 heteroatoms. The quantitative estimate of drug-likeness (QED) is 0.217.